The molecule has 0 radical (unpaired) electrons. The summed E-state index contributed by atoms with van der Waals surface area (Å²) >= 11 is 0. The number of fused-ring (bicyclic) bond motifs is 1. The topological polar surface area (TPSA) is 90.0 Å². The van der Waals surface area contributed by atoms with Gasteiger partial charge in [0.15, 0.2) is 5.65 Å². The Morgan fingerprint density at radius 1 is 1.00 bits per heavy atom. The van der Waals surface area contributed by atoms with E-state index < -0.39 is 10.0 Å². The Bertz CT molecular complexity index is 1210. The van der Waals surface area contributed by atoms with E-state index in [0.29, 0.717) is 22.4 Å². The fraction of sp³-hybridized carbons (Fsp3) is 0.0500. The molecule has 4 rings (SSSR count). The van der Waals surface area contributed by atoms with Crippen molar-refractivity contribution in [1.29, 1.82) is 0 Å². The molecule has 0 fully saturated rings. The fourth-order valence-corrected chi connectivity index (χ4v) is 4.20. The SMILES string of the molecule is Cc1ccc(S(=O)(=O)n2ccc3c(Nc4ccccc4)c(N)cnc32)cc1. The van der Waals surface area contributed by atoms with Gasteiger partial charge in [-0.2, -0.15) is 0 Å². The number of nitrogens with one attached hydrogen (secondary N) is 1. The molecule has 2 aromatic heterocycles. The van der Waals surface area contributed by atoms with Crippen molar-refractivity contribution in [2.75, 3.05) is 11.1 Å². The molecule has 0 atom stereocenters. The Kier molecular flexibility index (Phi) is 4.08. The third-order valence-electron chi connectivity index (χ3n) is 4.33. The summed E-state index contributed by atoms with van der Waals surface area (Å²) in [5.41, 5.74) is 9.33. The molecule has 0 bridgehead atoms. The van der Waals surface area contributed by atoms with Gasteiger partial charge in [-0.25, -0.2) is 17.4 Å². The zero-order valence-corrected chi connectivity index (χ0v) is 15.4. The first-order valence-electron chi connectivity index (χ1n) is 8.37. The van der Waals surface area contributed by atoms with E-state index in [0.717, 1.165) is 11.3 Å². The molecule has 0 spiro atoms. The van der Waals surface area contributed by atoms with Crippen molar-refractivity contribution in [3.05, 3.63) is 78.6 Å². The highest BCUT2D eigenvalue weighted by molar-refractivity contribution is 7.90. The van der Waals surface area contributed by atoms with Crippen LogP contribution in [0.1, 0.15) is 5.56 Å². The Labute approximate surface area is 157 Å². The average molecular weight is 378 g/mol. The van der Waals surface area contributed by atoms with Crippen molar-refractivity contribution in [3.63, 3.8) is 0 Å². The van der Waals surface area contributed by atoms with Crippen molar-refractivity contribution < 1.29 is 8.42 Å². The maximum Gasteiger partial charge on any atom is 0.269 e. The summed E-state index contributed by atoms with van der Waals surface area (Å²) in [6.45, 7) is 1.91. The molecule has 0 saturated heterocycles. The largest absolute Gasteiger partial charge is 0.396 e. The number of para-hydroxylation sites is 1. The van der Waals surface area contributed by atoms with E-state index in [1.807, 2.05) is 37.3 Å². The predicted octanol–water partition coefficient (Wildman–Crippen LogP) is 3.91. The molecule has 0 aliphatic heterocycles. The third-order valence-corrected chi connectivity index (χ3v) is 6.01. The number of nitrogens with two attached hydrogens (primary N) is 1. The summed E-state index contributed by atoms with van der Waals surface area (Å²) in [4.78, 5) is 4.48. The van der Waals surface area contributed by atoms with Crippen molar-refractivity contribution in [3.8, 4) is 0 Å². The monoisotopic (exact) mass is 378 g/mol. The van der Waals surface area contributed by atoms with Crippen LogP contribution in [0, 0.1) is 6.92 Å². The Hall–Kier alpha value is -3.32. The number of nitrogens with zero attached hydrogens (tertiary/aromatic N) is 2. The van der Waals surface area contributed by atoms with Crippen molar-refractivity contribution in [2.45, 2.75) is 11.8 Å². The molecule has 0 aliphatic rings. The van der Waals surface area contributed by atoms with E-state index in [9.17, 15) is 8.42 Å². The second-order valence-corrected chi connectivity index (χ2v) is 8.06. The van der Waals surface area contributed by atoms with E-state index in [2.05, 4.69) is 10.3 Å². The number of hydrogen-bond donors (Lipinski definition) is 2. The minimum Gasteiger partial charge on any atom is -0.396 e. The van der Waals surface area contributed by atoms with Gasteiger partial charge in [0.05, 0.1) is 22.5 Å². The highest BCUT2D eigenvalue weighted by Crippen LogP contribution is 2.32. The third kappa shape index (κ3) is 3.02. The van der Waals surface area contributed by atoms with Gasteiger partial charge in [0, 0.05) is 17.3 Å². The molecular weight excluding hydrogens is 360 g/mol. The summed E-state index contributed by atoms with van der Waals surface area (Å²) in [6, 6.07) is 18.0. The number of nitrogen functional groups attached to an aromatic ring is 1. The summed E-state index contributed by atoms with van der Waals surface area (Å²) in [6.07, 6.45) is 2.97. The molecule has 0 unspecified atom stereocenters. The van der Waals surface area contributed by atoms with E-state index in [1.165, 1.54) is 16.4 Å². The number of hydrogen-bond acceptors (Lipinski definition) is 5. The van der Waals surface area contributed by atoms with Crippen LogP contribution < -0.4 is 11.1 Å². The second kappa shape index (κ2) is 6.44. The Balaban J connectivity index is 1.85. The second-order valence-electron chi connectivity index (χ2n) is 6.25. The summed E-state index contributed by atoms with van der Waals surface area (Å²) < 4.78 is 27.3. The van der Waals surface area contributed by atoms with Gasteiger partial charge < -0.3 is 11.1 Å². The molecule has 2 heterocycles. The minimum atomic E-state index is -3.76. The Morgan fingerprint density at radius 2 is 1.70 bits per heavy atom. The van der Waals surface area contributed by atoms with Crippen molar-refractivity contribution in [1.82, 2.24) is 8.96 Å². The van der Waals surface area contributed by atoms with E-state index in [-0.39, 0.29) is 4.90 Å². The van der Waals surface area contributed by atoms with Crippen molar-refractivity contribution >= 4 is 38.1 Å². The van der Waals surface area contributed by atoms with E-state index in [1.54, 1.807) is 30.3 Å². The normalized spacial score (nSPS) is 11.6. The molecule has 2 aromatic carbocycles. The number of anilines is 3. The lowest BCUT2D eigenvalue weighted by atomic mass is 10.2. The molecule has 3 N–H and O–H groups in total. The van der Waals surface area contributed by atoms with Crippen LogP contribution in [-0.4, -0.2) is 17.4 Å². The first-order valence-corrected chi connectivity index (χ1v) is 9.81. The highest BCUT2D eigenvalue weighted by atomic mass is 32.2. The molecule has 0 amide bonds. The van der Waals surface area contributed by atoms with Gasteiger partial charge in [-0.1, -0.05) is 35.9 Å². The van der Waals surface area contributed by atoms with E-state index >= 15 is 0 Å². The van der Waals surface area contributed by atoms with Crippen LogP contribution in [0.4, 0.5) is 17.1 Å². The van der Waals surface area contributed by atoms with Gasteiger partial charge >= 0.3 is 0 Å². The van der Waals surface area contributed by atoms with E-state index in [4.69, 9.17) is 5.73 Å². The van der Waals surface area contributed by atoms with Gasteiger partial charge in [-0.15, -0.1) is 0 Å². The fourth-order valence-electron chi connectivity index (χ4n) is 2.90. The van der Waals surface area contributed by atoms with Crippen LogP contribution in [0.2, 0.25) is 0 Å². The first-order chi connectivity index (χ1) is 13.0. The zero-order valence-electron chi connectivity index (χ0n) is 14.6. The molecule has 27 heavy (non-hydrogen) atoms. The lowest BCUT2D eigenvalue weighted by Gasteiger charge is -2.12. The molecule has 4 aromatic rings. The average Bonchev–Trinajstić information content (AvgIpc) is 3.10. The van der Waals surface area contributed by atoms with Crippen LogP contribution in [0.25, 0.3) is 11.0 Å². The summed E-state index contributed by atoms with van der Waals surface area (Å²) in [7, 11) is -3.76. The molecular formula is C20H18N4O2S. The molecule has 6 nitrogen and oxygen atoms in total. The molecule has 0 saturated carbocycles. The van der Waals surface area contributed by atoms with Crippen LogP contribution in [0.3, 0.4) is 0 Å². The number of rotatable bonds is 4. The lowest BCUT2D eigenvalue weighted by Crippen LogP contribution is -2.12. The van der Waals surface area contributed by atoms with Gasteiger partial charge in [-0.3, -0.25) is 0 Å². The lowest BCUT2D eigenvalue weighted by molar-refractivity contribution is 0.589. The van der Waals surface area contributed by atoms with Gasteiger partial charge in [0.1, 0.15) is 0 Å². The molecule has 136 valence electrons. The van der Waals surface area contributed by atoms with Gasteiger partial charge in [-0.05, 0) is 37.3 Å². The Morgan fingerprint density at radius 3 is 2.41 bits per heavy atom. The van der Waals surface area contributed by atoms with Gasteiger partial charge in [0.25, 0.3) is 10.0 Å². The van der Waals surface area contributed by atoms with Crippen molar-refractivity contribution in [2.24, 2.45) is 0 Å². The number of aromatic nitrogens is 2. The van der Waals surface area contributed by atoms with Crippen LogP contribution in [-0.2, 0) is 10.0 Å². The zero-order chi connectivity index (χ0) is 19.0. The summed E-state index contributed by atoms with van der Waals surface area (Å²) in [5.74, 6) is 0. The number of aryl methyl sites for hydroxylation is 1. The minimum absolute atomic E-state index is 0.210. The molecule has 7 heteroatoms. The standard InChI is InChI=1S/C20H18N4O2S/c1-14-7-9-16(10-8-14)27(25,26)24-12-11-17-19(18(21)13-22-20(17)24)23-15-5-3-2-4-6-15/h2-13H,21H2,1H3,(H,22,23). The smallest absolute Gasteiger partial charge is 0.269 e. The van der Waals surface area contributed by atoms with Crippen LogP contribution in [0.15, 0.2) is 78.0 Å². The molecule has 0 aliphatic carbocycles. The maximum absolute atomic E-state index is 13.0. The first kappa shape index (κ1) is 17.1. The van der Waals surface area contributed by atoms with Crippen LogP contribution >= 0.6 is 0 Å². The maximum atomic E-state index is 13.0. The summed E-state index contributed by atoms with van der Waals surface area (Å²) in [5, 5.41) is 3.89. The number of benzene rings is 2. The quantitative estimate of drug-likeness (QED) is 0.562. The highest BCUT2D eigenvalue weighted by Gasteiger charge is 2.21. The van der Waals surface area contributed by atoms with Crippen LogP contribution in [0.5, 0.6) is 0 Å². The number of pyridine rings is 1. The predicted molar refractivity (Wildman–Crippen MR) is 108 cm³/mol. The van der Waals surface area contributed by atoms with Gasteiger partial charge in [0.2, 0.25) is 0 Å².